The van der Waals surface area contributed by atoms with E-state index in [9.17, 15) is 9.59 Å². The zero-order valence-corrected chi connectivity index (χ0v) is 18.7. The summed E-state index contributed by atoms with van der Waals surface area (Å²) in [4.78, 5) is 27.3. The maximum atomic E-state index is 13.2. The molecule has 1 aromatic carbocycles. The zero-order valence-electron chi connectivity index (χ0n) is 17.2. The molecule has 1 amide bonds. The number of thioether (sulfide) groups is 1. The molecule has 0 saturated carbocycles. The van der Waals surface area contributed by atoms with Crippen molar-refractivity contribution in [1.29, 1.82) is 0 Å². The third-order valence-corrected chi connectivity index (χ3v) is 6.12. The summed E-state index contributed by atoms with van der Waals surface area (Å²) < 4.78 is 0. The van der Waals surface area contributed by atoms with Crippen LogP contribution in [-0.2, 0) is 9.59 Å². The lowest BCUT2D eigenvalue weighted by Gasteiger charge is -2.27. The van der Waals surface area contributed by atoms with Crippen LogP contribution < -0.4 is 0 Å². The van der Waals surface area contributed by atoms with Gasteiger partial charge in [-0.3, -0.25) is 9.59 Å². The van der Waals surface area contributed by atoms with Crippen LogP contribution in [0.15, 0.2) is 29.2 Å². The van der Waals surface area contributed by atoms with Crippen molar-refractivity contribution in [1.82, 2.24) is 4.90 Å². The lowest BCUT2D eigenvalue weighted by Crippen LogP contribution is -2.39. The van der Waals surface area contributed by atoms with Crippen molar-refractivity contribution in [2.75, 3.05) is 18.8 Å². The first-order valence-electron chi connectivity index (χ1n) is 10.4. The molecule has 0 saturated heterocycles. The van der Waals surface area contributed by atoms with E-state index in [0.29, 0.717) is 17.2 Å². The summed E-state index contributed by atoms with van der Waals surface area (Å²) in [6.07, 6.45) is 6.86. The van der Waals surface area contributed by atoms with Crippen molar-refractivity contribution in [3.05, 3.63) is 29.3 Å². The Kier molecular flexibility index (Phi) is 13.1. The van der Waals surface area contributed by atoms with Crippen LogP contribution >= 0.6 is 23.4 Å². The Morgan fingerprint density at radius 2 is 1.61 bits per heavy atom. The highest BCUT2D eigenvalue weighted by atomic mass is 35.5. The number of unbranched alkanes of at least 4 members (excludes halogenated alkanes) is 4. The number of carboxylic acids is 1. The van der Waals surface area contributed by atoms with Crippen LogP contribution in [-0.4, -0.2) is 40.7 Å². The fourth-order valence-electron chi connectivity index (χ4n) is 3.00. The first kappa shape index (κ1) is 24.8. The summed E-state index contributed by atoms with van der Waals surface area (Å²) in [5.74, 6) is -0.432. The molecule has 28 heavy (non-hydrogen) atoms. The summed E-state index contributed by atoms with van der Waals surface area (Å²) in [5, 5.41) is 9.78. The lowest BCUT2D eigenvalue weighted by atomic mass is 10.0. The molecule has 1 atom stereocenters. The second kappa shape index (κ2) is 14.7. The summed E-state index contributed by atoms with van der Waals surface area (Å²) in [5.41, 5.74) is 0. The molecule has 0 aromatic heterocycles. The standard InChI is InChI=1S/C22H34ClNO3S/c1-3-5-7-15-24(16-8-6-4-2)22(27)18(9-14-21(25)26)17-28-20-12-10-19(23)11-13-20/h10-13,18H,3-9,14-17H2,1-2H3,(H,25,26). The molecule has 0 aliphatic rings. The van der Waals surface area contributed by atoms with Crippen LogP contribution in [0.5, 0.6) is 0 Å². The van der Waals surface area contributed by atoms with E-state index in [4.69, 9.17) is 16.7 Å². The van der Waals surface area contributed by atoms with Crippen LogP contribution in [0, 0.1) is 5.92 Å². The molecule has 0 heterocycles. The van der Waals surface area contributed by atoms with Crippen molar-refractivity contribution < 1.29 is 14.7 Å². The predicted molar refractivity (Wildman–Crippen MR) is 118 cm³/mol. The number of amides is 1. The van der Waals surface area contributed by atoms with Crippen LogP contribution in [0.4, 0.5) is 0 Å². The van der Waals surface area contributed by atoms with E-state index in [1.54, 1.807) is 11.8 Å². The highest BCUT2D eigenvalue weighted by Crippen LogP contribution is 2.26. The predicted octanol–water partition coefficient (Wildman–Crippen LogP) is 6.12. The van der Waals surface area contributed by atoms with Gasteiger partial charge < -0.3 is 10.0 Å². The van der Waals surface area contributed by atoms with Crippen molar-refractivity contribution in [2.45, 2.75) is 70.1 Å². The Hall–Kier alpha value is -1.20. The fraction of sp³-hybridized carbons (Fsp3) is 0.636. The third kappa shape index (κ3) is 10.4. The smallest absolute Gasteiger partial charge is 0.303 e. The number of carbonyl (C=O) groups excluding carboxylic acids is 1. The minimum absolute atomic E-state index is 0.0232. The van der Waals surface area contributed by atoms with Crippen LogP contribution in [0.3, 0.4) is 0 Å². The SMILES string of the molecule is CCCCCN(CCCCC)C(=O)C(CCC(=O)O)CSc1ccc(Cl)cc1. The number of hydrogen-bond donors (Lipinski definition) is 1. The number of nitrogens with zero attached hydrogens (tertiary/aromatic N) is 1. The van der Waals surface area contributed by atoms with Crippen molar-refractivity contribution >= 4 is 35.2 Å². The van der Waals surface area contributed by atoms with Gasteiger partial charge in [-0.2, -0.15) is 0 Å². The normalized spacial score (nSPS) is 12.0. The molecule has 0 aliphatic carbocycles. The van der Waals surface area contributed by atoms with Gasteiger partial charge in [0.2, 0.25) is 5.91 Å². The average molecular weight is 428 g/mol. The maximum absolute atomic E-state index is 13.2. The molecule has 6 heteroatoms. The van der Waals surface area contributed by atoms with Crippen molar-refractivity contribution in [3.63, 3.8) is 0 Å². The van der Waals surface area contributed by atoms with Gasteiger partial charge in [-0.1, -0.05) is 51.1 Å². The molecule has 1 N–H and O–H groups in total. The van der Waals surface area contributed by atoms with Crippen molar-refractivity contribution in [2.24, 2.45) is 5.92 Å². The van der Waals surface area contributed by atoms with Gasteiger partial charge in [0, 0.05) is 41.1 Å². The Morgan fingerprint density at radius 1 is 1.04 bits per heavy atom. The molecule has 0 aliphatic heterocycles. The summed E-state index contributed by atoms with van der Waals surface area (Å²) >= 11 is 7.53. The number of carboxylic acid groups (broad SMARTS) is 1. The Bertz CT molecular complexity index is 570. The molecular weight excluding hydrogens is 394 g/mol. The molecule has 0 spiro atoms. The topological polar surface area (TPSA) is 57.6 Å². The van der Waals surface area contributed by atoms with Gasteiger partial charge in [0.1, 0.15) is 0 Å². The average Bonchev–Trinajstić information content (AvgIpc) is 2.67. The maximum Gasteiger partial charge on any atom is 0.303 e. The minimum atomic E-state index is -0.849. The van der Waals surface area contributed by atoms with E-state index < -0.39 is 5.97 Å². The second-order valence-corrected chi connectivity index (χ2v) is 8.66. The van der Waals surface area contributed by atoms with Crippen LogP contribution in [0.2, 0.25) is 5.02 Å². The molecule has 0 bridgehead atoms. The second-order valence-electron chi connectivity index (χ2n) is 7.13. The molecule has 4 nitrogen and oxygen atoms in total. The van der Waals surface area contributed by atoms with Gasteiger partial charge in [0.05, 0.1) is 0 Å². The van der Waals surface area contributed by atoms with E-state index in [0.717, 1.165) is 56.5 Å². The van der Waals surface area contributed by atoms with E-state index >= 15 is 0 Å². The van der Waals surface area contributed by atoms with Gasteiger partial charge in [-0.25, -0.2) is 0 Å². The van der Waals surface area contributed by atoms with E-state index in [1.165, 1.54) is 0 Å². The largest absolute Gasteiger partial charge is 0.481 e. The molecule has 1 rings (SSSR count). The first-order valence-corrected chi connectivity index (χ1v) is 11.7. The summed E-state index contributed by atoms with van der Waals surface area (Å²) in [7, 11) is 0. The minimum Gasteiger partial charge on any atom is -0.481 e. The molecule has 0 fully saturated rings. The lowest BCUT2D eigenvalue weighted by molar-refractivity contribution is -0.138. The Balaban J connectivity index is 2.78. The summed E-state index contributed by atoms with van der Waals surface area (Å²) in [6.45, 7) is 5.85. The fourth-order valence-corrected chi connectivity index (χ4v) is 4.16. The molecule has 0 radical (unpaired) electrons. The van der Waals surface area contributed by atoms with Gasteiger partial charge in [-0.15, -0.1) is 11.8 Å². The highest BCUT2D eigenvalue weighted by Gasteiger charge is 2.25. The van der Waals surface area contributed by atoms with Gasteiger partial charge in [0.25, 0.3) is 0 Å². The number of hydrogen-bond acceptors (Lipinski definition) is 3. The van der Waals surface area contributed by atoms with Gasteiger partial charge in [-0.05, 0) is 43.5 Å². The number of benzene rings is 1. The molecule has 158 valence electrons. The Labute approximate surface area is 179 Å². The monoisotopic (exact) mass is 427 g/mol. The highest BCUT2D eigenvalue weighted by molar-refractivity contribution is 7.99. The van der Waals surface area contributed by atoms with Crippen LogP contribution in [0.25, 0.3) is 0 Å². The van der Waals surface area contributed by atoms with E-state index in [-0.39, 0.29) is 18.2 Å². The zero-order chi connectivity index (χ0) is 20.8. The number of aliphatic carboxylic acids is 1. The number of rotatable bonds is 15. The number of halogens is 1. The van der Waals surface area contributed by atoms with Gasteiger partial charge >= 0.3 is 5.97 Å². The van der Waals surface area contributed by atoms with Crippen LogP contribution in [0.1, 0.15) is 65.2 Å². The van der Waals surface area contributed by atoms with E-state index in [2.05, 4.69) is 13.8 Å². The molecule has 1 aromatic rings. The van der Waals surface area contributed by atoms with Crippen molar-refractivity contribution in [3.8, 4) is 0 Å². The number of carbonyl (C=O) groups is 2. The first-order chi connectivity index (χ1) is 13.5. The third-order valence-electron chi connectivity index (χ3n) is 4.70. The quantitative estimate of drug-likeness (QED) is 0.270. The Morgan fingerprint density at radius 3 is 2.11 bits per heavy atom. The van der Waals surface area contributed by atoms with Gasteiger partial charge in [0.15, 0.2) is 0 Å². The molecular formula is C22H34ClNO3S. The molecule has 1 unspecified atom stereocenters. The summed E-state index contributed by atoms with van der Waals surface area (Å²) in [6, 6.07) is 7.54. The van der Waals surface area contributed by atoms with E-state index in [1.807, 2.05) is 29.2 Å².